The van der Waals surface area contributed by atoms with E-state index in [9.17, 15) is 4.79 Å². The molecule has 1 saturated heterocycles. The highest BCUT2D eigenvalue weighted by Gasteiger charge is 2.29. The van der Waals surface area contributed by atoms with Crippen molar-refractivity contribution < 1.29 is 4.79 Å². The summed E-state index contributed by atoms with van der Waals surface area (Å²) < 4.78 is 0. The SMILES string of the molecule is CNC1CCN(C(=O)NC2CC2)C1. The van der Waals surface area contributed by atoms with Crippen molar-refractivity contribution >= 4 is 6.03 Å². The van der Waals surface area contributed by atoms with Crippen LogP contribution in [0.3, 0.4) is 0 Å². The second-order valence-corrected chi connectivity index (χ2v) is 3.94. The molecule has 0 aromatic rings. The minimum absolute atomic E-state index is 0.125. The summed E-state index contributed by atoms with van der Waals surface area (Å²) in [5.41, 5.74) is 0. The zero-order chi connectivity index (χ0) is 9.26. The Hall–Kier alpha value is -0.770. The summed E-state index contributed by atoms with van der Waals surface area (Å²) in [6.07, 6.45) is 3.40. The van der Waals surface area contributed by atoms with Gasteiger partial charge in [-0.3, -0.25) is 0 Å². The van der Waals surface area contributed by atoms with E-state index in [-0.39, 0.29) is 6.03 Å². The van der Waals surface area contributed by atoms with Crippen molar-refractivity contribution in [1.29, 1.82) is 0 Å². The number of carbonyl (C=O) groups excluding carboxylic acids is 1. The molecule has 0 aromatic heterocycles. The third-order valence-corrected chi connectivity index (χ3v) is 2.79. The Morgan fingerprint density at radius 1 is 1.31 bits per heavy atom. The summed E-state index contributed by atoms with van der Waals surface area (Å²) in [6, 6.07) is 1.09. The van der Waals surface area contributed by atoms with Crippen molar-refractivity contribution in [2.75, 3.05) is 20.1 Å². The van der Waals surface area contributed by atoms with Gasteiger partial charge in [0.1, 0.15) is 0 Å². The minimum Gasteiger partial charge on any atom is -0.335 e. The van der Waals surface area contributed by atoms with E-state index >= 15 is 0 Å². The summed E-state index contributed by atoms with van der Waals surface area (Å²) in [6.45, 7) is 1.75. The second-order valence-electron chi connectivity index (χ2n) is 3.94. The normalized spacial score (nSPS) is 27.8. The molecule has 2 aliphatic rings. The second kappa shape index (κ2) is 3.54. The Balaban J connectivity index is 1.77. The molecule has 4 nitrogen and oxygen atoms in total. The number of carbonyl (C=O) groups is 1. The Morgan fingerprint density at radius 2 is 2.08 bits per heavy atom. The van der Waals surface area contributed by atoms with E-state index in [1.807, 2.05) is 11.9 Å². The molecule has 13 heavy (non-hydrogen) atoms. The quantitative estimate of drug-likeness (QED) is 0.640. The predicted octanol–water partition coefficient (Wildman–Crippen LogP) is 0.152. The van der Waals surface area contributed by atoms with Gasteiger partial charge in [0, 0.05) is 25.2 Å². The highest BCUT2D eigenvalue weighted by atomic mass is 16.2. The summed E-state index contributed by atoms with van der Waals surface area (Å²) in [5, 5.41) is 6.20. The van der Waals surface area contributed by atoms with Crippen LogP contribution in [0.4, 0.5) is 4.79 Å². The van der Waals surface area contributed by atoms with Crippen LogP contribution in [-0.2, 0) is 0 Å². The number of nitrogens with one attached hydrogen (secondary N) is 2. The summed E-state index contributed by atoms with van der Waals surface area (Å²) >= 11 is 0. The first kappa shape index (κ1) is 8.81. The number of likely N-dealkylation sites (tertiary alicyclic amines) is 1. The van der Waals surface area contributed by atoms with Gasteiger partial charge in [-0.05, 0) is 26.3 Å². The van der Waals surface area contributed by atoms with Crippen LogP contribution < -0.4 is 10.6 Å². The standard InChI is InChI=1S/C9H17N3O/c1-10-8-4-5-12(6-8)9(13)11-7-2-3-7/h7-8,10H,2-6H2,1H3,(H,11,13). The molecule has 0 bridgehead atoms. The Labute approximate surface area is 78.7 Å². The van der Waals surface area contributed by atoms with Crippen LogP contribution >= 0.6 is 0 Å². The first-order valence-electron chi connectivity index (χ1n) is 5.02. The molecule has 2 rings (SSSR count). The molecule has 1 unspecified atom stereocenters. The summed E-state index contributed by atoms with van der Waals surface area (Å²) in [7, 11) is 1.95. The zero-order valence-corrected chi connectivity index (χ0v) is 8.05. The maximum atomic E-state index is 11.5. The molecule has 1 atom stereocenters. The van der Waals surface area contributed by atoms with Crippen LogP contribution in [0.15, 0.2) is 0 Å². The van der Waals surface area contributed by atoms with Crippen molar-refractivity contribution in [3.05, 3.63) is 0 Å². The molecule has 1 heterocycles. The van der Waals surface area contributed by atoms with Crippen LogP contribution in [0.25, 0.3) is 0 Å². The van der Waals surface area contributed by atoms with Crippen molar-refractivity contribution in [3.8, 4) is 0 Å². The van der Waals surface area contributed by atoms with Crippen LogP contribution in [0, 0.1) is 0 Å². The van der Waals surface area contributed by atoms with E-state index in [1.54, 1.807) is 0 Å². The Bertz CT molecular complexity index is 203. The van der Waals surface area contributed by atoms with Gasteiger partial charge in [-0.1, -0.05) is 0 Å². The fourth-order valence-electron chi connectivity index (χ4n) is 1.67. The highest BCUT2D eigenvalue weighted by Crippen LogP contribution is 2.19. The van der Waals surface area contributed by atoms with Crippen molar-refractivity contribution in [1.82, 2.24) is 15.5 Å². The smallest absolute Gasteiger partial charge is 0.317 e. The van der Waals surface area contributed by atoms with E-state index in [2.05, 4.69) is 10.6 Å². The van der Waals surface area contributed by atoms with E-state index in [0.717, 1.165) is 32.4 Å². The molecule has 2 fully saturated rings. The lowest BCUT2D eigenvalue weighted by atomic mass is 10.3. The predicted molar refractivity (Wildman–Crippen MR) is 50.6 cm³/mol. The van der Waals surface area contributed by atoms with Crippen molar-refractivity contribution in [2.45, 2.75) is 31.3 Å². The summed E-state index contributed by atoms with van der Waals surface area (Å²) in [4.78, 5) is 13.4. The maximum Gasteiger partial charge on any atom is 0.317 e. The van der Waals surface area contributed by atoms with E-state index in [0.29, 0.717) is 12.1 Å². The topological polar surface area (TPSA) is 44.4 Å². The largest absolute Gasteiger partial charge is 0.335 e. The molecule has 74 valence electrons. The van der Waals surface area contributed by atoms with Gasteiger partial charge >= 0.3 is 6.03 Å². The van der Waals surface area contributed by atoms with Gasteiger partial charge in [0.05, 0.1) is 0 Å². The maximum absolute atomic E-state index is 11.5. The van der Waals surface area contributed by atoms with E-state index in [4.69, 9.17) is 0 Å². The number of hydrogen-bond acceptors (Lipinski definition) is 2. The number of hydrogen-bond donors (Lipinski definition) is 2. The number of nitrogens with zero attached hydrogens (tertiary/aromatic N) is 1. The fourth-order valence-corrected chi connectivity index (χ4v) is 1.67. The molecule has 2 amide bonds. The highest BCUT2D eigenvalue weighted by molar-refractivity contribution is 5.75. The van der Waals surface area contributed by atoms with Gasteiger partial charge in [0.15, 0.2) is 0 Å². The molecule has 1 saturated carbocycles. The third-order valence-electron chi connectivity index (χ3n) is 2.79. The zero-order valence-electron chi connectivity index (χ0n) is 8.05. The fraction of sp³-hybridized carbons (Fsp3) is 0.889. The first-order valence-corrected chi connectivity index (χ1v) is 5.02. The lowest BCUT2D eigenvalue weighted by Crippen LogP contribution is -2.41. The lowest BCUT2D eigenvalue weighted by molar-refractivity contribution is 0.207. The Morgan fingerprint density at radius 3 is 2.62 bits per heavy atom. The van der Waals surface area contributed by atoms with Crippen LogP contribution in [0.2, 0.25) is 0 Å². The van der Waals surface area contributed by atoms with Crippen molar-refractivity contribution in [3.63, 3.8) is 0 Å². The average molecular weight is 183 g/mol. The molecular weight excluding hydrogens is 166 g/mol. The molecule has 0 radical (unpaired) electrons. The van der Waals surface area contributed by atoms with Gasteiger partial charge < -0.3 is 15.5 Å². The third kappa shape index (κ3) is 2.12. The summed E-state index contributed by atoms with van der Waals surface area (Å²) in [5.74, 6) is 0. The number of rotatable bonds is 2. The first-order chi connectivity index (χ1) is 6.29. The molecule has 1 aliphatic heterocycles. The van der Waals surface area contributed by atoms with Gasteiger partial charge in [-0.15, -0.1) is 0 Å². The monoisotopic (exact) mass is 183 g/mol. The van der Waals surface area contributed by atoms with Gasteiger partial charge in [0.2, 0.25) is 0 Å². The molecule has 4 heteroatoms. The molecule has 1 aliphatic carbocycles. The average Bonchev–Trinajstić information content (AvgIpc) is 2.82. The van der Waals surface area contributed by atoms with Crippen LogP contribution in [0.5, 0.6) is 0 Å². The van der Waals surface area contributed by atoms with E-state index in [1.165, 1.54) is 0 Å². The molecular formula is C9H17N3O. The minimum atomic E-state index is 0.125. The molecule has 0 spiro atoms. The molecule has 0 aromatic carbocycles. The van der Waals surface area contributed by atoms with Gasteiger partial charge in [0.25, 0.3) is 0 Å². The number of amides is 2. The van der Waals surface area contributed by atoms with E-state index < -0.39 is 0 Å². The lowest BCUT2D eigenvalue weighted by Gasteiger charge is -2.16. The van der Waals surface area contributed by atoms with Crippen molar-refractivity contribution in [2.24, 2.45) is 0 Å². The van der Waals surface area contributed by atoms with Gasteiger partial charge in [-0.25, -0.2) is 4.79 Å². The van der Waals surface area contributed by atoms with Crippen LogP contribution in [0.1, 0.15) is 19.3 Å². The van der Waals surface area contributed by atoms with Crippen LogP contribution in [-0.4, -0.2) is 43.2 Å². The van der Waals surface area contributed by atoms with Gasteiger partial charge in [-0.2, -0.15) is 0 Å². The number of likely N-dealkylation sites (N-methyl/N-ethyl adjacent to an activating group) is 1. The number of urea groups is 1. The Kier molecular flexibility index (Phi) is 2.40. The molecule has 2 N–H and O–H groups in total.